The van der Waals surface area contributed by atoms with Crippen molar-refractivity contribution in [3.8, 4) is 0 Å². The minimum atomic E-state index is 0.716. The first kappa shape index (κ1) is 12.6. The molecule has 1 saturated heterocycles. The molecule has 1 aliphatic carbocycles. The lowest BCUT2D eigenvalue weighted by atomic mass is 10.1. The van der Waals surface area contributed by atoms with Gasteiger partial charge in [-0.1, -0.05) is 34.1 Å². The van der Waals surface area contributed by atoms with Crippen LogP contribution >= 0.6 is 15.9 Å². The van der Waals surface area contributed by atoms with E-state index in [1.54, 1.807) is 0 Å². The normalized spacial score (nSPS) is 23.8. The average molecular weight is 309 g/mol. The van der Waals surface area contributed by atoms with Crippen LogP contribution in [0.1, 0.15) is 31.2 Å². The van der Waals surface area contributed by atoms with Gasteiger partial charge in [-0.3, -0.25) is 4.90 Å². The van der Waals surface area contributed by atoms with E-state index < -0.39 is 0 Å². The van der Waals surface area contributed by atoms with Gasteiger partial charge in [0.1, 0.15) is 0 Å². The van der Waals surface area contributed by atoms with Crippen molar-refractivity contribution in [3.63, 3.8) is 0 Å². The van der Waals surface area contributed by atoms with Crippen molar-refractivity contribution < 1.29 is 0 Å². The average Bonchev–Trinajstić information content (AvgIpc) is 3.10. The number of rotatable bonds is 5. The maximum atomic E-state index is 3.66. The summed E-state index contributed by atoms with van der Waals surface area (Å²) in [6.45, 7) is 3.51. The molecule has 0 bridgehead atoms. The molecule has 3 heteroatoms. The van der Waals surface area contributed by atoms with Crippen LogP contribution in [0.5, 0.6) is 0 Å². The van der Waals surface area contributed by atoms with Crippen LogP contribution in [-0.2, 0) is 6.54 Å². The van der Waals surface area contributed by atoms with Crippen molar-refractivity contribution in [3.05, 3.63) is 34.3 Å². The maximum absolute atomic E-state index is 3.66. The molecule has 2 fully saturated rings. The molecule has 2 aliphatic rings. The Morgan fingerprint density at radius 1 is 1.22 bits per heavy atom. The van der Waals surface area contributed by atoms with Crippen LogP contribution in [0.2, 0.25) is 0 Å². The van der Waals surface area contributed by atoms with Crippen LogP contribution in [0.15, 0.2) is 28.7 Å². The Bertz CT molecular complexity index is 397. The van der Waals surface area contributed by atoms with Crippen molar-refractivity contribution in [1.29, 1.82) is 0 Å². The molecule has 1 unspecified atom stereocenters. The molecule has 2 nitrogen and oxygen atoms in total. The molecule has 1 aliphatic heterocycles. The summed E-state index contributed by atoms with van der Waals surface area (Å²) < 4.78 is 1.25. The Balaban J connectivity index is 1.64. The topological polar surface area (TPSA) is 15.3 Å². The first-order valence-electron chi connectivity index (χ1n) is 7.04. The fourth-order valence-electron chi connectivity index (χ4n) is 2.82. The van der Waals surface area contributed by atoms with Gasteiger partial charge in [0.2, 0.25) is 0 Å². The predicted molar refractivity (Wildman–Crippen MR) is 78.6 cm³/mol. The van der Waals surface area contributed by atoms with Gasteiger partial charge in [0.25, 0.3) is 0 Å². The van der Waals surface area contributed by atoms with Crippen molar-refractivity contribution >= 4 is 15.9 Å². The summed E-state index contributed by atoms with van der Waals surface area (Å²) in [7, 11) is 0. The van der Waals surface area contributed by atoms with Crippen LogP contribution in [-0.4, -0.2) is 30.1 Å². The fraction of sp³-hybridized carbons (Fsp3) is 0.600. The summed E-state index contributed by atoms with van der Waals surface area (Å²) in [4.78, 5) is 2.67. The molecule has 0 spiro atoms. The van der Waals surface area contributed by atoms with Gasteiger partial charge in [0, 0.05) is 29.6 Å². The van der Waals surface area contributed by atoms with E-state index in [1.165, 1.54) is 48.8 Å². The molecule has 1 aromatic rings. The Morgan fingerprint density at radius 2 is 2.06 bits per heavy atom. The monoisotopic (exact) mass is 308 g/mol. The summed E-state index contributed by atoms with van der Waals surface area (Å²) in [5, 5.41) is 3.62. The Morgan fingerprint density at radius 3 is 2.72 bits per heavy atom. The number of nitrogens with one attached hydrogen (secondary N) is 1. The van der Waals surface area contributed by atoms with Gasteiger partial charge in [-0.2, -0.15) is 0 Å². The van der Waals surface area contributed by atoms with Gasteiger partial charge in [0.05, 0.1) is 0 Å². The smallest absolute Gasteiger partial charge is 0.0248 e. The highest BCUT2D eigenvalue weighted by Crippen LogP contribution is 2.30. The molecule has 0 aromatic heterocycles. The molecule has 1 heterocycles. The van der Waals surface area contributed by atoms with Crippen molar-refractivity contribution in [2.75, 3.05) is 13.1 Å². The number of nitrogens with zero attached hydrogens (tertiary/aromatic N) is 1. The van der Waals surface area contributed by atoms with Crippen molar-refractivity contribution in [2.45, 2.75) is 44.3 Å². The summed E-state index contributed by atoms with van der Waals surface area (Å²) in [6.07, 6.45) is 5.46. The van der Waals surface area contributed by atoms with E-state index in [4.69, 9.17) is 0 Å². The lowest BCUT2D eigenvalue weighted by Gasteiger charge is -2.26. The van der Waals surface area contributed by atoms with Gasteiger partial charge >= 0.3 is 0 Å². The Kier molecular flexibility index (Phi) is 4.02. The van der Waals surface area contributed by atoms with E-state index in [1.807, 2.05) is 0 Å². The third kappa shape index (κ3) is 3.14. The molecule has 1 atom stereocenters. The maximum Gasteiger partial charge on any atom is 0.0248 e. The summed E-state index contributed by atoms with van der Waals surface area (Å²) in [6, 6.07) is 10.2. The zero-order chi connectivity index (χ0) is 12.4. The highest BCUT2D eigenvalue weighted by molar-refractivity contribution is 9.10. The largest absolute Gasteiger partial charge is 0.313 e. The summed E-state index contributed by atoms with van der Waals surface area (Å²) in [5.74, 6) is 0. The molecular weight excluding hydrogens is 288 g/mol. The lowest BCUT2D eigenvalue weighted by molar-refractivity contribution is 0.231. The molecular formula is C15H21BrN2. The minimum absolute atomic E-state index is 0.716. The van der Waals surface area contributed by atoms with E-state index in [0.29, 0.717) is 6.04 Å². The quantitative estimate of drug-likeness (QED) is 0.899. The van der Waals surface area contributed by atoms with Crippen LogP contribution in [0.25, 0.3) is 0 Å². The van der Waals surface area contributed by atoms with E-state index in [0.717, 1.165) is 12.6 Å². The molecule has 1 saturated carbocycles. The second-order valence-electron chi connectivity index (χ2n) is 5.55. The zero-order valence-corrected chi connectivity index (χ0v) is 12.3. The number of halogens is 1. The molecule has 1 N–H and O–H groups in total. The molecule has 1 aromatic carbocycles. The zero-order valence-electron chi connectivity index (χ0n) is 10.7. The van der Waals surface area contributed by atoms with Crippen LogP contribution in [0, 0.1) is 0 Å². The van der Waals surface area contributed by atoms with E-state index in [9.17, 15) is 0 Å². The first-order valence-corrected chi connectivity index (χ1v) is 7.83. The van der Waals surface area contributed by atoms with Gasteiger partial charge in [-0.25, -0.2) is 0 Å². The first-order chi connectivity index (χ1) is 8.83. The Labute approximate surface area is 118 Å². The standard InChI is InChI=1S/C15H21BrN2/c16-15-6-2-1-4-12(15)10-18(14-7-8-14)11-13-5-3-9-17-13/h1-2,4,6,13-14,17H,3,5,7-11H2. The molecule has 0 radical (unpaired) electrons. The number of hydrogen-bond donors (Lipinski definition) is 1. The van der Waals surface area contributed by atoms with Crippen LogP contribution < -0.4 is 5.32 Å². The third-order valence-corrected chi connectivity index (χ3v) is 4.79. The van der Waals surface area contributed by atoms with E-state index >= 15 is 0 Å². The van der Waals surface area contributed by atoms with Crippen LogP contribution in [0.4, 0.5) is 0 Å². The van der Waals surface area contributed by atoms with Gasteiger partial charge < -0.3 is 5.32 Å². The Hall–Kier alpha value is -0.380. The SMILES string of the molecule is Brc1ccccc1CN(CC1CCCN1)C1CC1. The van der Waals surface area contributed by atoms with E-state index in [2.05, 4.69) is 50.4 Å². The summed E-state index contributed by atoms with van der Waals surface area (Å²) in [5.41, 5.74) is 1.42. The third-order valence-electron chi connectivity index (χ3n) is 4.01. The molecule has 18 heavy (non-hydrogen) atoms. The van der Waals surface area contributed by atoms with Gasteiger partial charge in [-0.15, -0.1) is 0 Å². The van der Waals surface area contributed by atoms with Crippen molar-refractivity contribution in [1.82, 2.24) is 10.2 Å². The molecule has 3 rings (SSSR count). The van der Waals surface area contributed by atoms with Crippen LogP contribution in [0.3, 0.4) is 0 Å². The van der Waals surface area contributed by atoms with Gasteiger partial charge in [0.15, 0.2) is 0 Å². The highest BCUT2D eigenvalue weighted by atomic mass is 79.9. The fourth-order valence-corrected chi connectivity index (χ4v) is 3.23. The second-order valence-corrected chi connectivity index (χ2v) is 6.40. The van der Waals surface area contributed by atoms with Crippen molar-refractivity contribution in [2.24, 2.45) is 0 Å². The molecule has 0 amide bonds. The second kappa shape index (κ2) is 5.72. The highest BCUT2D eigenvalue weighted by Gasteiger charge is 2.31. The summed E-state index contributed by atoms with van der Waals surface area (Å²) >= 11 is 3.66. The number of benzene rings is 1. The lowest BCUT2D eigenvalue weighted by Crippen LogP contribution is -2.38. The van der Waals surface area contributed by atoms with Gasteiger partial charge in [-0.05, 0) is 43.9 Å². The minimum Gasteiger partial charge on any atom is -0.313 e. The predicted octanol–water partition coefficient (Wildman–Crippen LogP) is 3.17. The number of hydrogen-bond acceptors (Lipinski definition) is 2. The molecule has 98 valence electrons. The van der Waals surface area contributed by atoms with E-state index in [-0.39, 0.29) is 0 Å².